The number of nitrogens with zero attached hydrogens (tertiary/aromatic N) is 1. The van der Waals surface area contributed by atoms with Gasteiger partial charge in [-0.2, -0.15) is 0 Å². The molecule has 3 N–H and O–H groups in total. The van der Waals surface area contributed by atoms with Crippen LogP contribution in [0.5, 0.6) is 5.75 Å². The summed E-state index contributed by atoms with van der Waals surface area (Å²) in [5.41, 5.74) is 0.135. The van der Waals surface area contributed by atoms with Crippen molar-refractivity contribution in [2.75, 3.05) is 11.9 Å². The molecule has 0 aliphatic heterocycles. The fourth-order valence-corrected chi connectivity index (χ4v) is 4.34. The largest absolute Gasteiger partial charge is 0.508 e. The van der Waals surface area contributed by atoms with Gasteiger partial charge in [0, 0.05) is 17.8 Å². The highest BCUT2D eigenvalue weighted by Gasteiger charge is 2.36. The van der Waals surface area contributed by atoms with E-state index in [2.05, 4.69) is 10.6 Å². The molecule has 0 saturated carbocycles. The highest BCUT2D eigenvalue weighted by molar-refractivity contribution is 6.00. The van der Waals surface area contributed by atoms with Crippen LogP contribution in [0, 0.1) is 0 Å². The number of carbonyl (C=O) groups is 3. The minimum atomic E-state index is -1.13. The molecule has 0 heterocycles. The van der Waals surface area contributed by atoms with Crippen molar-refractivity contribution in [1.82, 2.24) is 10.2 Å². The van der Waals surface area contributed by atoms with Crippen LogP contribution in [0.1, 0.15) is 65.5 Å². The number of phenolic OH excluding ortho intramolecular Hbond substituents is 1. The van der Waals surface area contributed by atoms with E-state index in [-0.39, 0.29) is 12.3 Å². The Hall–Kier alpha value is -4.07. The van der Waals surface area contributed by atoms with E-state index in [0.29, 0.717) is 17.7 Å². The highest BCUT2D eigenvalue weighted by Crippen LogP contribution is 2.31. The van der Waals surface area contributed by atoms with Crippen LogP contribution in [0.15, 0.2) is 66.7 Å². The minimum absolute atomic E-state index is 0.0998. The Bertz CT molecular complexity index is 1300. The van der Waals surface area contributed by atoms with E-state index >= 15 is 0 Å². The molecule has 3 amide bonds. The lowest BCUT2D eigenvalue weighted by molar-refractivity contribution is -0.140. The Kier molecular flexibility index (Phi) is 9.93. The second-order valence-electron chi connectivity index (χ2n) is 10.6. The van der Waals surface area contributed by atoms with Crippen molar-refractivity contribution in [3.63, 3.8) is 0 Å². The summed E-state index contributed by atoms with van der Waals surface area (Å²) in [6.45, 7) is 9.08. The maximum absolute atomic E-state index is 13.9. The Morgan fingerprint density at radius 3 is 2.28 bits per heavy atom. The van der Waals surface area contributed by atoms with Gasteiger partial charge in [-0.25, -0.2) is 4.79 Å². The van der Waals surface area contributed by atoms with Gasteiger partial charge in [0.05, 0.1) is 0 Å². The molecule has 208 valence electrons. The molecule has 2 atom stereocenters. The van der Waals surface area contributed by atoms with E-state index in [4.69, 9.17) is 4.74 Å². The van der Waals surface area contributed by atoms with E-state index in [0.717, 1.165) is 23.6 Å². The van der Waals surface area contributed by atoms with Crippen LogP contribution >= 0.6 is 0 Å². The molecule has 0 bridgehead atoms. The molecule has 3 rings (SSSR count). The zero-order chi connectivity index (χ0) is 28.6. The normalized spacial score (nSPS) is 12.8. The van der Waals surface area contributed by atoms with Gasteiger partial charge in [-0.15, -0.1) is 0 Å². The van der Waals surface area contributed by atoms with E-state index in [9.17, 15) is 19.5 Å². The maximum Gasteiger partial charge on any atom is 0.408 e. The van der Waals surface area contributed by atoms with Gasteiger partial charge in [-0.05, 0) is 63.1 Å². The number of para-hydroxylation sites is 1. The van der Waals surface area contributed by atoms with Crippen LogP contribution in [0.3, 0.4) is 0 Å². The average Bonchev–Trinajstić information content (AvgIpc) is 2.87. The molecular formula is C31H39N3O5. The first-order chi connectivity index (χ1) is 18.5. The number of rotatable bonds is 10. The van der Waals surface area contributed by atoms with Gasteiger partial charge in [0.15, 0.2) is 0 Å². The predicted molar refractivity (Wildman–Crippen MR) is 153 cm³/mol. The van der Waals surface area contributed by atoms with Crippen LogP contribution in [-0.4, -0.2) is 46.1 Å². The molecule has 0 aromatic heterocycles. The van der Waals surface area contributed by atoms with Crippen LogP contribution in [0.4, 0.5) is 10.5 Å². The third kappa shape index (κ3) is 8.21. The molecule has 3 aromatic carbocycles. The van der Waals surface area contributed by atoms with Crippen molar-refractivity contribution >= 4 is 34.4 Å². The topological polar surface area (TPSA) is 108 Å². The fourth-order valence-electron chi connectivity index (χ4n) is 4.34. The Labute approximate surface area is 230 Å². The average molecular weight is 534 g/mol. The van der Waals surface area contributed by atoms with E-state index in [1.807, 2.05) is 43.3 Å². The number of ether oxygens (including phenoxy) is 1. The number of unbranched alkanes of at least 4 members (excludes halogenated alkanes) is 2. The number of nitrogens with one attached hydrogen (secondary N) is 2. The number of aromatic hydroxyl groups is 1. The molecule has 39 heavy (non-hydrogen) atoms. The summed E-state index contributed by atoms with van der Waals surface area (Å²) in [4.78, 5) is 41.5. The van der Waals surface area contributed by atoms with Crippen LogP contribution < -0.4 is 10.6 Å². The summed E-state index contributed by atoms with van der Waals surface area (Å²) in [6, 6.07) is 17.8. The van der Waals surface area contributed by atoms with Crippen molar-refractivity contribution in [2.45, 2.75) is 71.6 Å². The molecule has 0 aliphatic carbocycles. The number of fused-ring (bicyclic) bond motifs is 1. The SMILES string of the molecule is CCCCCN(C(=O)C(C)NC(=O)OC(C)(C)C)C(C(=O)Nc1ccc2ccccc2c1)c1ccccc1O. The van der Waals surface area contributed by atoms with Gasteiger partial charge in [-0.1, -0.05) is 68.3 Å². The lowest BCUT2D eigenvalue weighted by Gasteiger charge is -2.34. The standard InChI is InChI=1S/C31H39N3O5/c1-6-7-12-19-34(29(37)21(2)32-30(38)39-31(3,4)5)27(25-15-10-11-16-26(25)35)28(36)33-24-18-17-22-13-8-9-14-23(22)20-24/h8-11,13-18,20-21,27,35H,6-7,12,19H2,1-5H3,(H,32,38)(H,33,36). The summed E-state index contributed by atoms with van der Waals surface area (Å²) >= 11 is 0. The molecule has 0 saturated heterocycles. The minimum Gasteiger partial charge on any atom is -0.508 e. The van der Waals surface area contributed by atoms with Gasteiger partial charge in [0.2, 0.25) is 5.91 Å². The number of carbonyl (C=O) groups excluding carboxylic acids is 3. The Morgan fingerprint density at radius 1 is 0.949 bits per heavy atom. The summed E-state index contributed by atoms with van der Waals surface area (Å²) < 4.78 is 5.32. The van der Waals surface area contributed by atoms with Crippen molar-refractivity contribution in [3.8, 4) is 5.75 Å². The summed E-state index contributed by atoms with van der Waals surface area (Å²) in [6.07, 6.45) is 1.68. The van der Waals surface area contributed by atoms with Gasteiger partial charge in [-0.3, -0.25) is 9.59 Å². The van der Waals surface area contributed by atoms with Crippen LogP contribution in [-0.2, 0) is 14.3 Å². The van der Waals surface area contributed by atoms with E-state index < -0.39 is 35.6 Å². The molecule has 2 unspecified atom stereocenters. The highest BCUT2D eigenvalue weighted by atomic mass is 16.6. The molecular weight excluding hydrogens is 494 g/mol. The molecule has 8 nitrogen and oxygen atoms in total. The Balaban J connectivity index is 1.96. The molecule has 0 fully saturated rings. The van der Waals surface area contributed by atoms with Crippen molar-refractivity contribution in [3.05, 3.63) is 72.3 Å². The lowest BCUT2D eigenvalue weighted by Crippen LogP contribution is -2.51. The second-order valence-corrected chi connectivity index (χ2v) is 10.6. The number of benzene rings is 3. The molecule has 0 spiro atoms. The first-order valence-corrected chi connectivity index (χ1v) is 13.4. The molecule has 3 aromatic rings. The van der Waals surface area contributed by atoms with Gasteiger partial charge < -0.3 is 25.4 Å². The number of hydrogen-bond acceptors (Lipinski definition) is 5. The smallest absolute Gasteiger partial charge is 0.408 e. The summed E-state index contributed by atoms with van der Waals surface area (Å²) in [5, 5.41) is 18.3. The quantitative estimate of drug-likeness (QED) is 0.271. The first-order valence-electron chi connectivity index (χ1n) is 13.4. The van der Waals surface area contributed by atoms with Crippen molar-refractivity contribution in [1.29, 1.82) is 0 Å². The number of phenols is 1. The number of alkyl carbamates (subject to hydrolysis) is 1. The monoisotopic (exact) mass is 533 g/mol. The van der Waals surface area contributed by atoms with Gasteiger partial charge in [0.1, 0.15) is 23.4 Å². The molecule has 0 aliphatic rings. The summed E-state index contributed by atoms with van der Waals surface area (Å²) in [5.74, 6) is -1.03. The van der Waals surface area contributed by atoms with Crippen molar-refractivity contribution < 1.29 is 24.2 Å². The van der Waals surface area contributed by atoms with E-state index in [1.165, 1.54) is 11.0 Å². The first kappa shape index (κ1) is 29.5. The maximum atomic E-state index is 13.9. The van der Waals surface area contributed by atoms with Crippen LogP contribution in [0.25, 0.3) is 10.8 Å². The van der Waals surface area contributed by atoms with Gasteiger partial charge in [0.25, 0.3) is 5.91 Å². The third-order valence-corrected chi connectivity index (χ3v) is 6.20. The van der Waals surface area contributed by atoms with Crippen LogP contribution in [0.2, 0.25) is 0 Å². The van der Waals surface area contributed by atoms with Crippen molar-refractivity contribution in [2.24, 2.45) is 0 Å². The third-order valence-electron chi connectivity index (χ3n) is 6.20. The number of hydrogen-bond donors (Lipinski definition) is 3. The zero-order valence-corrected chi connectivity index (χ0v) is 23.4. The number of amides is 3. The molecule has 0 radical (unpaired) electrons. The zero-order valence-electron chi connectivity index (χ0n) is 23.4. The fraction of sp³-hybridized carbons (Fsp3) is 0.387. The predicted octanol–water partition coefficient (Wildman–Crippen LogP) is 6.16. The number of anilines is 1. The Morgan fingerprint density at radius 2 is 1.62 bits per heavy atom. The second kappa shape index (κ2) is 13.1. The lowest BCUT2D eigenvalue weighted by atomic mass is 10.0. The molecule has 8 heteroatoms. The summed E-state index contributed by atoms with van der Waals surface area (Å²) in [7, 11) is 0. The van der Waals surface area contributed by atoms with E-state index in [1.54, 1.807) is 52.0 Å². The van der Waals surface area contributed by atoms with Gasteiger partial charge >= 0.3 is 6.09 Å².